The van der Waals surface area contributed by atoms with E-state index in [2.05, 4.69) is 19.2 Å². The Morgan fingerprint density at radius 1 is 1.24 bits per heavy atom. The van der Waals surface area contributed by atoms with Crippen LogP contribution in [0.3, 0.4) is 0 Å². The maximum atomic E-state index is 9.95. The van der Waals surface area contributed by atoms with E-state index in [9.17, 15) is 5.11 Å². The van der Waals surface area contributed by atoms with Crippen molar-refractivity contribution in [1.29, 1.82) is 0 Å². The number of benzene rings is 1. The smallest absolute Gasteiger partial charge is 0.0945 e. The van der Waals surface area contributed by atoms with Gasteiger partial charge in [0.25, 0.3) is 0 Å². The molecule has 21 heavy (non-hydrogen) atoms. The van der Waals surface area contributed by atoms with Gasteiger partial charge in [-0.3, -0.25) is 0 Å². The van der Waals surface area contributed by atoms with Crippen LogP contribution in [-0.4, -0.2) is 37.6 Å². The van der Waals surface area contributed by atoms with Crippen LogP contribution in [0.1, 0.15) is 32.8 Å². The van der Waals surface area contributed by atoms with Crippen LogP contribution in [0.15, 0.2) is 24.3 Å². The standard InChI is InChI=1S/C17H29NO3/c1-13(2)8-14(3)21-12-17(19)10-18-16-7-5-6-15(9-16)11-20-4/h5-7,9,13-14,17-19H,8,10-12H2,1-4H3. The Labute approximate surface area is 128 Å². The second kappa shape index (κ2) is 9.77. The molecule has 1 aromatic carbocycles. The lowest BCUT2D eigenvalue weighted by Gasteiger charge is -2.18. The Hall–Kier alpha value is -1.10. The van der Waals surface area contributed by atoms with E-state index in [-0.39, 0.29) is 6.10 Å². The monoisotopic (exact) mass is 295 g/mol. The van der Waals surface area contributed by atoms with Gasteiger partial charge >= 0.3 is 0 Å². The summed E-state index contributed by atoms with van der Waals surface area (Å²) in [5.74, 6) is 0.610. The van der Waals surface area contributed by atoms with Crippen LogP contribution in [0.2, 0.25) is 0 Å². The Kier molecular flexibility index (Phi) is 8.35. The Bertz CT molecular complexity index is 395. The number of methoxy groups -OCH3 is 1. The van der Waals surface area contributed by atoms with E-state index in [0.29, 0.717) is 25.7 Å². The molecule has 0 saturated carbocycles. The number of nitrogens with one attached hydrogen (secondary N) is 1. The molecule has 2 N–H and O–H groups in total. The van der Waals surface area contributed by atoms with Gasteiger partial charge in [-0.2, -0.15) is 0 Å². The van der Waals surface area contributed by atoms with Gasteiger partial charge in [0.2, 0.25) is 0 Å². The average molecular weight is 295 g/mol. The zero-order valence-electron chi connectivity index (χ0n) is 13.6. The molecule has 0 fully saturated rings. The van der Waals surface area contributed by atoms with Gasteiger partial charge in [0.1, 0.15) is 0 Å². The molecule has 2 unspecified atom stereocenters. The van der Waals surface area contributed by atoms with Gasteiger partial charge in [0.15, 0.2) is 0 Å². The fraction of sp³-hybridized carbons (Fsp3) is 0.647. The molecule has 0 saturated heterocycles. The number of hydrogen-bond donors (Lipinski definition) is 2. The van der Waals surface area contributed by atoms with Crippen molar-refractivity contribution in [3.8, 4) is 0 Å². The molecule has 120 valence electrons. The highest BCUT2D eigenvalue weighted by Crippen LogP contribution is 2.12. The summed E-state index contributed by atoms with van der Waals surface area (Å²) in [6.45, 7) is 7.82. The minimum atomic E-state index is -0.509. The molecule has 0 aliphatic carbocycles. The maximum Gasteiger partial charge on any atom is 0.0945 e. The topological polar surface area (TPSA) is 50.7 Å². The van der Waals surface area contributed by atoms with Crippen molar-refractivity contribution in [2.24, 2.45) is 5.92 Å². The van der Waals surface area contributed by atoms with Crippen LogP contribution >= 0.6 is 0 Å². The third kappa shape index (κ3) is 8.05. The van der Waals surface area contributed by atoms with E-state index in [1.807, 2.05) is 31.2 Å². The van der Waals surface area contributed by atoms with Crippen LogP contribution < -0.4 is 5.32 Å². The van der Waals surface area contributed by atoms with Crippen molar-refractivity contribution in [2.75, 3.05) is 25.6 Å². The van der Waals surface area contributed by atoms with Crippen LogP contribution in [0.25, 0.3) is 0 Å². The quantitative estimate of drug-likeness (QED) is 0.696. The van der Waals surface area contributed by atoms with Crippen molar-refractivity contribution < 1.29 is 14.6 Å². The van der Waals surface area contributed by atoms with Gasteiger partial charge in [-0.05, 0) is 37.0 Å². The van der Waals surface area contributed by atoms with Crippen LogP contribution in [0.5, 0.6) is 0 Å². The van der Waals surface area contributed by atoms with Crippen molar-refractivity contribution >= 4 is 5.69 Å². The molecule has 4 nitrogen and oxygen atoms in total. The number of ether oxygens (including phenoxy) is 2. The van der Waals surface area contributed by atoms with Crippen molar-refractivity contribution in [1.82, 2.24) is 0 Å². The summed E-state index contributed by atoms with van der Waals surface area (Å²) in [4.78, 5) is 0. The van der Waals surface area contributed by atoms with E-state index < -0.39 is 6.10 Å². The first-order valence-electron chi connectivity index (χ1n) is 7.62. The number of aliphatic hydroxyl groups excluding tert-OH is 1. The number of aliphatic hydroxyl groups is 1. The Morgan fingerprint density at radius 3 is 2.67 bits per heavy atom. The first kappa shape index (κ1) is 18.0. The van der Waals surface area contributed by atoms with E-state index in [1.165, 1.54) is 0 Å². The van der Waals surface area contributed by atoms with E-state index in [0.717, 1.165) is 17.7 Å². The largest absolute Gasteiger partial charge is 0.389 e. The summed E-state index contributed by atoms with van der Waals surface area (Å²) in [6, 6.07) is 8.00. The number of anilines is 1. The normalized spacial score (nSPS) is 14.2. The molecule has 1 rings (SSSR count). The van der Waals surface area contributed by atoms with Gasteiger partial charge in [0, 0.05) is 19.3 Å². The predicted molar refractivity (Wildman–Crippen MR) is 86.5 cm³/mol. The molecule has 0 radical (unpaired) electrons. The highest BCUT2D eigenvalue weighted by atomic mass is 16.5. The van der Waals surface area contributed by atoms with Crippen LogP contribution in [0.4, 0.5) is 5.69 Å². The lowest BCUT2D eigenvalue weighted by molar-refractivity contribution is -0.00443. The molecule has 0 aliphatic rings. The molecule has 0 bridgehead atoms. The summed E-state index contributed by atoms with van der Waals surface area (Å²) >= 11 is 0. The first-order chi connectivity index (χ1) is 10.0. The lowest BCUT2D eigenvalue weighted by Crippen LogP contribution is -2.27. The second-order valence-corrected chi connectivity index (χ2v) is 5.94. The fourth-order valence-electron chi connectivity index (χ4n) is 2.24. The minimum absolute atomic E-state index is 0.185. The molecule has 0 spiro atoms. The third-order valence-electron chi connectivity index (χ3n) is 3.16. The molecule has 1 aromatic rings. The van der Waals surface area contributed by atoms with Crippen molar-refractivity contribution in [3.63, 3.8) is 0 Å². The van der Waals surface area contributed by atoms with Gasteiger partial charge in [0.05, 0.1) is 25.4 Å². The van der Waals surface area contributed by atoms with E-state index >= 15 is 0 Å². The Balaban J connectivity index is 2.29. The fourth-order valence-corrected chi connectivity index (χ4v) is 2.24. The van der Waals surface area contributed by atoms with Crippen LogP contribution in [0, 0.1) is 5.92 Å². The van der Waals surface area contributed by atoms with Crippen LogP contribution in [-0.2, 0) is 16.1 Å². The molecule has 2 atom stereocenters. The van der Waals surface area contributed by atoms with Gasteiger partial charge in [-0.15, -0.1) is 0 Å². The van der Waals surface area contributed by atoms with Gasteiger partial charge in [-0.1, -0.05) is 26.0 Å². The van der Waals surface area contributed by atoms with Crippen molar-refractivity contribution in [2.45, 2.75) is 46.0 Å². The summed E-state index contributed by atoms with van der Waals surface area (Å²) in [7, 11) is 1.68. The highest BCUT2D eigenvalue weighted by molar-refractivity contribution is 5.45. The molecular weight excluding hydrogens is 266 g/mol. The maximum absolute atomic E-state index is 9.95. The van der Waals surface area contributed by atoms with E-state index in [1.54, 1.807) is 7.11 Å². The molecule has 4 heteroatoms. The summed E-state index contributed by atoms with van der Waals surface area (Å²) in [6.07, 6.45) is 0.689. The zero-order chi connectivity index (χ0) is 15.7. The van der Waals surface area contributed by atoms with Gasteiger partial charge in [-0.25, -0.2) is 0 Å². The molecule has 0 aliphatic heterocycles. The Morgan fingerprint density at radius 2 is 2.00 bits per heavy atom. The minimum Gasteiger partial charge on any atom is -0.389 e. The number of rotatable bonds is 10. The average Bonchev–Trinajstić information content (AvgIpc) is 2.43. The number of hydrogen-bond acceptors (Lipinski definition) is 4. The predicted octanol–water partition coefficient (Wildman–Crippen LogP) is 3.06. The molecule has 0 aromatic heterocycles. The molecule has 0 amide bonds. The SMILES string of the molecule is COCc1cccc(NCC(O)COC(C)CC(C)C)c1. The summed E-state index contributed by atoms with van der Waals surface area (Å²) < 4.78 is 10.8. The third-order valence-corrected chi connectivity index (χ3v) is 3.16. The zero-order valence-corrected chi connectivity index (χ0v) is 13.6. The summed E-state index contributed by atoms with van der Waals surface area (Å²) in [5, 5.41) is 13.2. The molecule has 0 heterocycles. The second-order valence-electron chi connectivity index (χ2n) is 5.94. The first-order valence-corrected chi connectivity index (χ1v) is 7.62. The van der Waals surface area contributed by atoms with Crippen molar-refractivity contribution in [3.05, 3.63) is 29.8 Å². The summed E-state index contributed by atoms with van der Waals surface area (Å²) in [5.41, 5.74) is 2.10. The highest BCUT2D eigenvalue weighted by Gasteiger charge is 2.09. The van der Waals surface area contributed by atoms with E-state index in [4.69, 9.17) is 9.47 Å². The lowest BCUT2D eigenvalue weighted by atomic mass is 10.1. The van der Waals surface area contributed by atoms with Gasteiger partial charge < -0.3 is 19.9 Å². The molecular formula is C17H29NO3.